The van der Waals surface area contributed by atoms with E-state index in [1.54, 1.807) is 18.2 Å². The van der Waals surface area contributed by atoms with Crippen molar-refractivity contribution in [3.8, 4) is 17.0 Å². The number of hydrogen-bond donors (Lipinski definition) is 1. The standard InChI is InChI=1S/C20H19NO3/c1-4-24-14-6-8-18-16(10-14)17(20(22)23)11-19(21-18)15-7-5-12(2)9-13(15)3/h5-11H,4H2,1-3H3,(H,22,23). The Kier molecular flexibility index (Phi) is 4.21. The highest BCUT2D eigenvalue weighted by Crippen LogP contribution is 2.29. The number of carboxylic acid groups (broad SMARTS) is 1. The van der Waals surface area contributed by atoms with Crippen LogP contribution in [0.15, 0.2) is 42.5 Å². The Morgan fingerprint density at radius 2 is 1.92 bits per heavy atom. The molecule has 3 aromatic rings. The van der Waals surface area contributed by atoms with Crippen LogP contribution in [0.5, 0.6) is 5.75 Å². The number of nitrogens with zero attached hydrogens (tertiary/aromatic N) is 1. The maximum Gasteiger partial charge on any atom is 0.336 e. The molecule has 1 N–H and O–H groups in total. The fraction of sp³-hybridized carbons (Fsp3) is 0.200. The first kappa shape index (κ1) is 16.0. The van der Waals surface area contributed by atoms with Crippen LogP contribution in [-0.4, -0.2) is 22.7 Å². The Labute approximate surface area is 140 Å². The normalized spacial score (nSPS) is 10.8. The summed E-state index contributed by atoms with van der Waals surface area (Å²) in [6.45, 7) is 6.46. The maximum atomic E-state index is 11.7. The molecule has 1 aromatic heterocycles. The van der Waals surface area contributed by atoms with Crippen LogP contribution in [-0.2, 0) is 0 Å². The second-order valence-electron chi connectivity index (χ2n) is 5.79. The zero-order chi connectivity index (χ0) is 17.3. The number of pyridine rings is 1. The predicted octanol–water partition coefficient (Wildman–Crippen LogP) is 4.62. The van der Waals surface area contributed by atoms with Gasteiger partial charge in [-0.25, -0.2) is 9.78 Å². The summed E-state index contributed by atoms with van der Waals surface area (Å²) < 4.78 is 5.48. The summed E-state index contributed by atoms with van der Waals surface area (Å²) in [5.41, 5.74) is 4.73. The Hall–Kier alpha value is -2.88. The van der Waals surface area contributed by atoms with Crippen LogP contribution >= 0.6 is 0 Å². The van der Waals surface area contributed by atoms with Crippen molar-refractivity contribution < 1.29 is 14.6 Å². The second kappa shape index (κ2) is 6.32. The average Bonchev–Trinajstić information content (AvgIpc) is 2.54. The number of carboxylic acids is 1. The van der Waals surface area contributed by atoms with Crippen molar-refractivity contribution in [1.29, 1.82) is 0 Å². The quantitative estimate of drug-likeness (QED) is 0.762. The van der Waals surface area contributed by atoms with E-state index in [0.717, 1.165) is 16.7 Å². The summed E-state index contributed by atoms with van der Waals surface area (Å²) in [6, 6.07) is 13.1. The summed E-state index contributed by atoms with van der Waals surface area (Å²) in [5.74, 6) is -0.323. The van der Waals surface area contributed by atoms with Crippen molar-refractivity contribution in [2.45, 2.75) is 20.8 Å². The van der Waals surface area contributed by atoms with Crippen LogP contribution in [0.25, 0.3) is 22.2 Å². The van der Waals surface area contributed by atoms with Crippen LogP contribution < -0.4 is 4.74 Å². The molecule has 4 heteroatoms. The first-order valence-electron chi connectivity index (χ1n) is 7.88. The Bertz CT molecular complexity index is 932. The molecule has 0 atom stereocenters. The molecule has 0 saturated heterocycles. The number of fused-ring (bicyclic) bond motifs is 1. The third kappa shape index (κ3) is 2.95. The average molecular weight is 321 g/mol. The van der Waals surface area contributed by atoms with Gasteiger partial charge in [-0.05, 0) is 50.6 Å². The lowest BCUT2D eigenvalue weighted by molar-refractivity contribution is 0.0699. The third-order valence-corrected chi connectivity index (χ3v) is 3.98. The fourth-order valence-electron chi connectivity index (χ4n) is 2.88. The van der Waals surface area contributed by atoms with E-state index in [4.69, 9.17) is 4.74 Å². The highest BCUT2D eigenvalue weighted by molar-refractivity contribution is 6.04. The van der Waals surface area contributed by atoms with Crippen molar-refractivity contribution in [2.75, 3.05) is 6.61 Å². The topological polar surface area (TPSA) is 59.4 Å². The van der Waals surface area contributed by atoms with Gasteiger partial charge in [-0.2, -0.15) is 0 Å². The molecule has 4 nitrogen and oxygen atoms in total. The molecule has 122 valence electrons. The number of ether oxygens (including phenoxy) is 1. The molecule has 0 aliphatic heterocycles. The number of hydrogen-bond acceptors (Lipinski definition) is 3. The fourth-order valence-corrected chi connectivity index (χ4v) is 2.88. The van der Waals surface area contributed by atoms with Crippen LogP contribution in [0, 0.1) is 13.8 Å². The van der Waals surface area contributed by atoms with Gasteiger partial charge >= 0.3 is 5.97 Å². The zero-order valence-corrected chi connectivity index (χ0v) is 14.0. The van der Waals surface area contributed by atoms with Crippen LogP contribution in [0.1, 0.15) is 28.4 Å². The van der Waals surface area contributed by atoms with Crippen LogP contribution in [0.4, 0.5) is 0 Å². The van der Waals surface area contributed by atoms with Gasteiger partial charge < -0.3 is 9.84 Å². The van der Waals surface area contributed by atoms with E-state index in [1.807, 2.05) is 39.0 Å². The molecule has 0 amide bonds. The molecule has 0 saturated carbocycles. The Balaban J connectivity index is 2.24. The molecule has 0 fully saturated rings. The van der Waals surface area contributed by atoms with E-state index in [1.165, 1.54) is 0 Å². The molecule has 2 aromatic carbocycles. The maximum absolute atomic E-state index is 11.7. The Morgan fingerprint density at radius 1 is 1.12 bits per heavy atom. The van der Waals surface area contributed by atoms with Gasteiger partial charge in [0.1, 0.15) is 5.75 Å². The monoisotopic (exact) mass is 321 g/mol. The minimum Gasteiger partial charge on any atom is -0.494 e. The highest BCUT2D eigenvalue weighted by atomic mass is 16.5. The smallest absolute Gasteiger partial charge is 0.336 e. The van der Waals surface area contributed by atoms with Crippen molar-refractivity contribution in [1.82, 2.24) is 4.98 Å². The van der Waals surface area contributed by atoms with Gasteiger partial charge in [0, 0.05) is 10.9 Å². The van der Waals surface area contributed by atoms with Crippen LogP contribution in [0.2, 0.25) is 0 Å². The molecule has 0 bridgehead atoms. The van der Waals surface area contributed by atoms with Gasteiger partial charge in [0.25, 0.3) is 0 Å². The summed E-state index contributed by atoms with van der Waals surface area (Å²) in [5, 5.41) is 10.2. The predicted molar refractivity (Wildman–Crippen MR) is 94.8 cm³/mol. The summed E-state index contributed by atoms with van der Waals surface area (Å²) in [7, 11) is 0. The third-order valence-electron chi connectivity index (χ3n) is 3.98. The van der Waals surface area contributed by atoms with Gasteiger partial charge in [-0.3, -0.25) is 0 Å². The molecule has 24 heavy (non-hydrogen) atoms. The SMILES string of the molecule is CCOc1ccc2nc(-c3ccc(C)cc3C)cc(C(=O)O)c2c1. The molecular weight excluding hydrogens is 302 g/mol. The van der Waals surface area contributed by atoms with Gasteiger partial charge in [-0.1, -0.05) is 23.8 Å². The van der Waals surface area contributed by atoms with Crippen molar-refractivity contribution >= 4 is 16.9 Å². The first-order chi connectivity index (χ1) is 11.5. The molecule has 1 heterocycles. The lowest BCUT2D eigenvalue weighted by Crippen LogP contribution is -2.01. The van der Waals surface area contributed by atoms with Crippen LogP contribution in [0.3, 0.4) is 0 Å². The highest BCUT2D eigenvalue weighted by Gasteiger charge is 2.15. The number of rotatable bonds is 4. The number of carbonyl (C=O) groups is 1. The van der Waals surface area contributed by atoms with Gasteiger partial charge in [0.05, 0.1) is 23.4 Å². The van der Waals surface area contributed by atoms with E-state index >= 15 is 0 Å². The summed E-state index contributed by atoms with van der Waals surface area (Å²) in [6.07, 6.45) is 0. The van der Waals surface area contributed by atoms with E-state index in [9.17, 15) is 9.90 Å². The zero-order valence-electron chi connectivity index (χ0n) is 14.0. The number of benzene rings is 2. The van der Waals surface area contributed by atoms with E-state index in [2.05, 4.69) is 11.1 Å². The first-order valence-corrected chi connectivity index (χ1v) is 7.88. The van der Waals surface area contributed by atoms with E-state index in [0.29, 0.717) is 29.0 Å². The molecule has 3 rings (SSSR count). The van der Waals surface area contributed by atoms with Crippen molar-refractivity contribution in [3.63, 3.8) is 0 Å². The van der Waals surface area contributed by atoms with E-state index in [-0.39, 0.29) is 5.56 Å². The van der Waals surface area contributed by atoms with Gasteiger partial charge in [-0.15, -0.1) is 0 Å². The molecule has 0 radical (unpaired) electrons. The second-order valence-corrected chi connectivity index (χ2v) is 5.79. The van der Waals surface area contributed by atoms with Crippen molar-refractivity contribution in [3.05, 3.63) is 59.2 Å². The minimum atomic E-state index is -0.970. The minimum absolute atomic E-state index is 0.233. The number of aryl methyl sites for hydroxylation is 2. The van der Waals surface area contributed by atoms with Gasteiger partial charge in [0.2, 0.25) is 0 Å². The summed E-state index contributed by atoms with van der Waals surface area (Å²) in [4.78, 5) is 16.4. The number of aromatic nitrogens is 1. The van der Waals surface area contributed by atoms with E-state index < -0.39 is 5.97 Å². The molecule has 0 unspecified atom stereocenters. The molecular formula is C20H19NO3. The molecule has 0 spiro atoms. The lowest BCUT2D eigenvalue weighted by Gasteiger charge is -2.11. The largest absolute Gasteiger partial charge is 0.494 e. The lowest BCUT2D eigenvalue weighted by atomic mass is 9.99. The van der Waals surface area contributed by atoms with Crippen molar-refractivity contribution in [2.24, 2.45) is 0 Å². The summed E-state index contributed by atoms with van der Waals surface area (Å²) >= 11 is 0. The molecule has 0 aliphatic rings. The Morgan fingerprint density at radius 3 is 2.58 bits per heavy atom. The number of aromatic carboxylic acids is 1. The molecule has 0 aliphatic carbocycles. The van der Waals surface area contributed by atoms with Gasteiger partial charge in [0.15, 0.2) is 0 Å².